The molecule has 120 valence electrons. The third-order valence-electron chi connectivity index (χ3n) is 4.14. The molecule has 0 aliphatic carbocycles. The van der Waals surface area contributed by atoms with Crippen LogP contribution in [0.4, 0.5) is 5.82 Å². The van der Waals surface area contributed by atoms with Gasteiger partial charge in [0.2, 0.25) is 0 Å². The van der Waals surface area contributed by atoms with E-state index >= 15 is 0 Å². The minimum Gasteiger partial charge on any atom is -0.305 e. The van der Waals surface area contributed by atoms with E-state index in [1.54, 1.807) is 24.5 Å². The van der Waals surface area contributed by atoms with E-state index in [2.05, 4.69) is 37.5 Å². The van der Waals surface area contributed by atoms with Crippen LogP contribution in [-0.2, 0) is 19.6 Å². The average molecular weight is 319 g/mol. The summed E-state index contributed by atoms with van der Waals surface area (Å²) in [6, 6.07) is 13.7. The van der Waals surface area contributed by atoms with Crippen LogP contribution in [0.25, 0.3) is 0 Å². The van der Waals surface area contributed by atoms with E-state index in [9.17, 15) is 4.79 Å². The zero-order chi connectivity index (χ0) is 16.4. The maximum atomic E-state index is 12.3. The number of carbonyl (C=O) groups is 1. The van der Waals surface area contributed by atoms with Crippen molar-refractivity contribution in [2.75, 3.05) is 5.32 Å². The molecule has 24 heavy (non-hydrogen) atoms. The summed E-state index contributed by atoms with van der Waals surface area (Å²) in [4.78, 5) is 18.5. The molecule has 0 saturated carbocycles. The van der Waals surface area contributed by atoms with E-state index < -0.39 is 0 Å². The predicted molar refractivity (Wildman–Crippen MR) is 90.2 cm³/mol. The molecule has 2 N–H and O–H groups in total. The zero-order valence-corrected chi connectivity index (χ0v) is 13.1. The standard InChI is InChI=1S/C18H17N5O/c24-18(14-6-8-19-9-7-14)20-17-15-11-23(12-16(15)21-22-17)10-13-4-2-1-3-5-13/h1-9H,10-12H2,(H2,20,21,22,24). The third kappa shape index (κ3) is 2.91. The van der Waals surface area contributed by atoms with Gasteiger partial charge in [-0.15, -0.1) is 0 Å². The molecule has 4 rings (SSSR count). The number of carbonyl (C=O) groups excluding carboxylic acids is 1. The fourth-order valence-corrected chi connectivity index (χ4v) is 2.95. The molecule has 0 atom stereocenters. The number of hydrogen-bond donors (Lipinski definition) is 2. The minimum atomic E-state index is -0.173. The molecule has 1 aliphatic rings. The first-order chi connectivity index (χ1) is 11.8. The molecule has 0 spiro atoms. The second-order valence-electron chi connectivity index (χ2n) is 5.85. The monoisotopic (exact) mass is 319 g/mol. The Balaban J connectivity index is 1.46. The van der Waals surface area contributed by atoms with Crippen molar-refractivity contribution in [2.45, 2.75) is 19.6 Å². The fourth-order valence-electron chi connectivity index (χ4n) is 2.95. The van der Waals surface area contributed by atoms with E-state index in [1.165, 1.54) is 5.56 Å². The lowest BCUT2D eigenvalue weighted by atomic mass is 10.2. The van der Waals surface area contributed by atoms with Crippen molar-refractivity contribution in [3.05, 3.63) is 77.2 Å². The largest absolute Gasteiger partial charge is 0.305 e. The van der Waals surface area contributed by atoms with Gasteiger partial charge >= 0.3 is 0 Å². The van der Waals surface area contributed by atoms with Gasteiger partial charge < -0.3 is 5.32 Å². The Morgan fingerprint density at radius 2 is 1.92 bits per heavy atom. The normalized spacial score (nSPS) is 13.7. The number of nitrogens with one attached hydrogen (secondary N) is 2. The van der Waals surface area contributed by atoms with Gasteiger partial charge in [0.25, 0.3) is 5.91 Å². The lowest BCUT2D eigenvalue weighted by molar-refractivity contribution is 0.102. The number of benzene rings is 1. The van der Waals surface area contributed by atoms with Crippen molar-refractivity contribution < 1.29 is 4.79 Å². The first-order valence-corrected chi connectivity index (χ1v) is 7.83. The Labute approximate surface area is 139 Å². The van der Waals surface area contributed by atoms with E-state index in [1.807, 2.05) is 18.2 Å². The predicted octanol–water partition coefficient (Wildman–Crippen LogP) is 2.57. The van der Waals surface area contributed by atoms with Crippen LogP contribution in [0.5, 0.6) is 0 Å². The van der Waals surface area contributed by atoms with Crippen molar-refractivity contribution >= 4 is 11.7 Å². The van der Waals surface area contributed by atoms with Crippen molar-refractivity contribution in [2.24, 2.45) is 0 Å². The summed E-state index contributed by atoms with van der Waals surface area (Å²) < 4.78 is 0. The smallest absolute Gasteiger partial charge is 0.256 e. The van der Waals surface area contributed by atoms with Crippen LogP contribution in [0.2, 0.25) is 0 Å². The molecule has 0 bridgehead atoms. The molecule has 1 amide bonds. The van der Waals surface area contributed by atoms with Crippen molar-refractivity contribution in [3.8, 4) is 0 Å². The zero-order valence-electron chi connectivity index (χ0n) is 13.1. The number of aromatic amines is 1. The lowest BCUT2D eigenvalue weighted by Crippen LogP contribution is -2.18. The number of H-pyrrole nitrogens is 1. The molecule has 6 nitrogen and oxygen atoms in total. The SMILES string of the molecule is O=C(Nc1n[nH]c2c1CN(Cc1ccccc1)C2)c1ccncc1. The summed E-state index contributed by atoms with van der Waals surface area (Å²) in [7, 11) is 0. The van der Waals surface area contributed by atoms with Gasteiger partial charge in [-0.25, -0.2) is 0 Å². The number of fused-ring (bicyclic) bond motifs is 1. The van der Waals surface area contributed by atoms with Crippen LogP contribution >= 0.6 is 0 Å². The minimum absolute atomic E-state index is 0.173. The molecule has 0 fully saturated rings. The molecular weight excluding hydrogens is 302 g/mol. The van der Waals surface area contributed by atoms with E-state index in [0.29, 0.717) is 11.4 Å². The average Bonchev–Trinajstić information content (AvgIpc) is 3.18. The second-order valence-corrected chi connectivity index (χ2v) is 5.85. The Kier molecular flexibility index (Phi) is 3.80. The first-order valence-electron chi connectivity index (χ1n) is 7.83. The van der Waals surface area contributed by atoms with Crippen LogP contribution < -0.4 is 5.32 Å². The van der Waals surface area contributed by atoms with Crippen molar-refractivity contribution in [3.63, 3.8) is 0 Å². The molecule has 0 radical (unpaired) electrons. The first kappa shape index (κ1) is 14.6. The lowest BCUT2D eigenvalue weighted by Gasteiger charge is -2.15. The van der Waals surface area contributed by atoms with Gasteiger partial charge in [-0.05, 0) is 17.7 Å². The maximum Gasteiger partial charge on any atom is 0.256 e. The van der Waals surface area contributed by atoms with Gasteiger partial charge in [0.1, 0.15) is 0 Å². The van der Waals surface area contributed by atoms with Crippen molar-refractivity contribution in [1.29, 1.82) is 0 Å². The summed E-state index contributed by atoms with van der Waals surface area (Å²) >= 11 is 0. The van der Waals surface area contributed by atoms with Gasteiger partial charge in [0.05, 0.1) is 5.69 Å². The van der Waals surface area contributed by atoms with Crippen LogP contribution in [0.1, 0.15) is 27.2 Å². The third-order valence-corrected chi connectivity index (χ3v) is 4.14. The Bertz CT molecular complexity index is 844. The summed E-state index contributed by atoms with van der Waals surface area (Å²) in [6.07, 6.45) is 3.21. The number of hydrogen-bond acceptors (Lipinski definition) is 4. The van der Waals surface area contributed by atoms with Crippen LogP contribution in [-0.4, -0.2) is 26.0 Å². The van der Waals surface area contributed by atoms with Gasteiger partial charge in [0.15, 0.2) is 5.82 Å². The number of rotatable bonds is 4. The number of pyridine rings is 1. The molecule has 6 heteroatoms. The van der Waals surface area contributed by atoms with E-state index in [4.69, 9.17) is 0 Å². The molecule has 3 heterocycles. The topological polar surface area (TPSA) is 73.9 Å². The van der Waals surface area contributed by atoms with Gasteiger partial charge in [0, 0.05) is 43.2 Å². The highest BCUT2D eigenvalue weighted by atomic mass is 16.1. The highest BCUT2D eigenvalue weighted by Crippen LogP contribution is 2.28. The van der Waals surface area contributed by atoms with Crippen LogP contribution in [0.3, 0.4) is 0 Å². The highest BCUT2D eigenvalue weighted by molar-refractivity contribution is 6.04. The summed E-state index contributed by atoms with van der Waals surface area (Å²) in [6.45, 7) is 2.45. The van der Waals surface area contributed by atoms with Crippen LogP contribution in [0.15, 0.2) is 54.9 Å². The van der Waals surface area contributed by atoms with Crippen LogP contribution in [0, 0.1) is 0 Å². The molecule has 0 saturated heterocycles. The summed E-state index contributed by atoms with van der Waals surface area (Å²) in [5.74, 6) is 0.440. The molecule has 0 unspecified atom stereocenters. The highest BCUT2D eigenvalue weighted by Gasteiger charge is 2.25. The summed E-state index contributed by atoms with van der Waals surface area (Å²) in [5, 5.41) is 10.2. The number of anilines is 1. The van der Waals surface area contributed by atoms with Crippen molar-refractivity contribution in [1.82, 2.24) is 20.1 Å². The Hall–Kier alpha value is -2.99. The summed E-state index contributed by atoms with van der Waals surface area (Å²) in [5.41, 5.74) is 3.98. The second kappa shape index (κ2) is 6.25. The van der Waals surface area contributed by atoms with Gasteiger partial charge in [-0.1, -0.05) is 30.3 Å². The van der Waals surface area contributed by atoms with Gasteiger partial charge in [-0.2, -0.15) is 5.10 Å². The number of aromatic nitrogens is 3. The molecule has 1 aromatic carbocycles. The van der Waals surface area contributed by atoms with Gasteiger partial charge in [-0.3, -0.25) is 19.8 Å². The maximum absolute atomic E-state index is 12.3. The van der Waals surface area contributed by atoms with E-state index in [-0.39, 0.29) is 5.91 Å². The number of amides is 1. The number of nitrogens with zero attached hydrogens (tertiary/aromatic N) is 3. The molecular formula is C18H17N5O. The molecule has 2 aromatic heterocycles. The quantitative estimate of drug-likeness (QED) is 0.775. The Morgan fingerprint density at radius 1 is 1.12 bits per heavy atom. The fraction of sp³-hybridized carbons (Fsp3) is 0.167. The Morgan fingerprint density at radius 3 is 2.71 bits per heavy atom. The molecule has 3 aromatic rings. The molecule has 1 aliphatic heterocycles. The van der Waals surface area contributed by atoms with E-state index in [0.717, 1.165) is 30.9 Å².